The summed E-state index contributed by atoms with van der Waals surface area (Å²) in [6, 6.07) is 11.5. The topological polar surface area (TPSA) is 75.1 Å². The van der Waals surface area contributed by atoms with Gasteiger partial charge in [-0.15, -0.1) is 0 Å². The van der Waals surface area contributed by atoms with Gasteiger partial charge >= 0.3 is 18.3 Å². The number of anilines is 2. The molecule has 0 amide bonds. The van der Waals surface area contributed by atoms with Crippen molar-refractivity contribution in [1.29, 1.82) is 0 Å². The number of carbonyl (C=O) groups is 1. The lowest BCUT2D eigenvalue weighted by Crippen LogP contribution is -2.11. The van der Waals surface area contributed by atoms with Gasteiger partial charge < -0.3 is 10.4 Å². The van der Waals surface area contributed by atoms with E-state index in [0.29, 0.717) is 22.8 Å². The third-order valence-electron chi connectivity index (χ3n) is 4.93. The lowest BCUT2D eigenvalue weighted by Gasteiger charge is -2.14. The molecular weight excluding hydrogens is 464 g/mol. The molecule has 0 radical (unpaired) electrons. The molecule has 0 aliphatic rings. The van der Waals surface area contributed by atoms with Gasteiger partial charge in [-0.05, 0) is 48.5 Å². The average Bonchev–Trinajstić information content (AvgIpc) is 2.77. The number of halogens is 6. The molecule has 2 N–H and O–H groups in total. The van der Waals surface area contributed by atoms with Crippen LogP contribution in [-0.2, 0) is 12.4 Å². The number of hydrogen-bond donors (Lipinski definition) is 2. The average molecular weight is 477 g/mol. The van der Waals surface area contributed by atoms with E-state index in [2.05, 4.69) is 15.3 Å². The van der Waals surface area contributed by atoms with Crippen molar-refractivity contribution in [3.05, 3.63) is 83.7 Å². The molecule has 34 heavy (non-hydrogen) atoms. The second kappa shape index (κ2) is 8.32. The number of hydrogen-bond acceptors (Lipinski definition) is 4. The summed E-state index contributed by atoms with van der Waals surface area (Å²) >= 11 is 0. The van der Waals surface area contributed by atoms with E-state index in [1.54, 1.807) is 6.07 Å². The van der Waals surface area contributed by atoms with Crippen LogP contribution in [0.25, 0.3) is 22.2 Å². The van der Waals surface area contributed by atoms with Crippen molar-refractivity contribution in [1.82, 2.24) is 9.97 Å². The molecule has 0 aliphatic heterocycles. The lowest BCUT2D eigenvalue weighted by molar-refractivity contribution is -0.138. The van der Waals surface area contributed by atoms with Crippen LogP contribution in [0.2, 0.25) is 0 Å². The number of aromatic nitrogens is 2. The van der Waals surface area contributed by atoms with Gasteiger partial charge in [0.2, 0.25) is 0 Å². The molecule has 2 aromatic carbocycles. The molecule has 5 nitrogen and oxygen atoms in total. The van der Waals surface area contributed by atoms with Crippen LogP contribution in [0.1, 0.15) is 21.6 Å². The number of carboxylic acids is 1. The molecule has 2 heterocycles. The summed E-state index contributed by atoms with van der Waals surface area (Å²) < 4.78 is 78.8. The zero-order chi connectivity index (χ0) is 24.7. The first kappa shape index (κ1) is 23.0. The van der Waals surface area contributed by atoms with Crippen molar-refractivity contribution in [3.63, 3.8) is 0 Å². The highest BCUT2D eigenvalue weighted by Crippen LogP contribution is 2.38. The monoisotopic (exact) mass is 477 g/mol. The maximum Gasteiger partial charge on any atom is 0.418 e. The minimum atomic E-state index is -4.77. The number of fused-ring (bicyclic) bond motifs is 1. The number of alkyl halides is 6. The molecular formula is C23H13F6N3O2. The number of rotatable bonds is 4. The molecule has 4 aromatic rings. The quantitative estimate of drug-likeness (QED) is 0.317. The van der Waals surface area contributed by atoms with E-state index in [1.807, 2.05) is 0 Å². The Morgan fingerprint density at radius 3 is 2.18 bits per heavy atom. The van der Waals surface area contributed by atoms with E-state index in [-0.39, 0.29) is 11.1 Å². The summed E-state index contributed by atoms with van der Waals surface area (Å²) in [5.74, 6) is -1.48. The van der Waals surface area contributed by atoms with Gasteiger partial charge in [0.1, 0.15) is 5.69 Å². The highest BCUT2D eigenvalue weighted by Gasteiger charge is 2.35. The summed E-state index contributed by atoms with van der Waals surface area (Å²) in [6.45, 7) is 0. The first-order valence-electron chi connectivity index (χ1n) is 9.58. The Hall–Kier alpha value is -4.15. The van der Waals surface area contributed by atoms with Gasteiger partial charge in [0.15, 0.2) is 0 Å². The van der Waals surface area contributed by atoms with Crippen LogP contribution in [0.5, 0.6) is 0 Å². The highest BCUT2D eigenvalue weighted by atomic mass is 19.4. The van der Waals surface area contributed by atoms with Crippen LogP contribution in [0.3, 0.4) is 0 Å². The zero-order valence-corrected chi connectivity index (χ0v) is 16.9. The summed E-state index contributed by atoms with van der Waals surface area (Å²) in [5, 5.41) is 12.6. The van der Waals surface area contributed by atoms with Crippen LogP contribution < -0.4 is 5.32 Å². The van der Waals surface area contributed by atoms with Crippen molar-refractivity contribution in [2.24, 2.45) is 0 Å². The molecule has 0 spiro atoms. The van der Waals surface area contributed by atoms with Gasteiger partial charge in [0, 0.05) is 28.5 Å². The standard InChI is InChI=1S/C23H13F6N3O2/c24-22(25,26)13-2-4-14(5-3-13)31-17-9-10-30-19-11-12(1-6-15(17)19)20-16(23(27,28)29)7-8-18(32-20)21(33)34/h1-11H,(H,30,31)(H,33,34). The van der Waals surface area contributed by atoms with Gasteiger partial charge in [-0.3, -0.25) is 4.98 Å². The fourth-order valence-corrected chi connectivity index (χ4v) is 3.33. The van der Waals surface area contributed by atoms with Gasteiger partial charge in [-0.2, -0.15) is 26.3 Å². The molecule has 4 rings (SSSR count). The van der Waals surface area contributed by atoms with Gasteiger partial charge in [0.25, 0.3) is 0 Å². The lowest BCUT2D eigenvalue weighted by atomic mass is 10.0. The maximum atomic E-state index is 13.5. The summed E-state index contributed by atoms with van der Waals surface area (Å²) in [5.41, 5.74) is -1.92. The summed E-state index contributed by atoms with van der Waals surface area (Å²) in [6.07, 6.45) is -7.86. The second-order valence-electron chi connectivity index (χ2n) is 7.19. The van der Waals surface area contributed by atoms with Crippen molar-refractivity contribution in [3.8, 4) is 11.3 Å². The molecule has 0 fully saturated rings. The summed E-state index contributed by atoms with van der Waals surface area (Å²) in [4.78, 5) is 19.1. The molecule has 0 aliphatic carbocycles. The fourth-order valence-electron chi connectivity index (χ4n) is 3.33. The zero-order valence-electron chi connectivity index (χ0n) is 16.9. The third kappa shape index (κ3) is 4.63. The minimum Gasteiger partial charge on any atom is -0.477 e. The van der Waals surface area contributed by atoms with Gasteiger partial charge in [0.05, 0.1) is 22.3 Å². The number of aromatic carboxylic acids is 1. The Morgan fingerprint density at radius 1 is 0.853 bits per heavy atom. The number of nitrogens with zero attached hydrogens (tertiary/aromatic N) is 2. The Balaban J connectivity index is 1.75. The second-order valence-corrected chi connectivity index (χ2v) is 7.19. The van der Waals surface area contributed by atoms with Crippen LogP contribution in [0.15, 0.2) is 66.9 Å². The number of pyridine rings is 2. The molecule has 11 heteroatoms. The van der Waals surface area contributed by atoms with E-state index in [9.17, 15) is 31.1 Å². The van der Waals surface area contributed by atoms with E-state index >= 15 is 0 Å². The van der Waals surface area contributed by atoms with Gasteiger partial charge in [-0.25, -0.2) is 9.78 Å². The van der Waals surface area contributed by atoms with Crippen LogP contribution >= 0.6 is 0 Å². The third-order valence-corrected chi connectivity index (χ3v) is 4.93. The number of benzene rings is 2. The number of carboxylic acid groups (broad SMARTS) is 1. The molecule has 0 saturated heterocycles. The Kier molecular flexibility index (Phi) is 5.64. The van der Waals surface area contributed by atoms with Crippen molar-refractivity contribution < 1.29 is 36.2 Å². The Morgan fingerprint density at radius 2 is 1.56 bits per heavy atom. The highest BCUT2D eigenvalue weighted by molar-refractivity contribution is 5.95. The molecule has 0 atom stereocenters. The molecule has 174 valence electrons. The van der Waals surface area contributed by atoms with E-state index in [4.69, 9.17) is 5.11 Å². The largest absolute Gasteiger partial charge is 0.477 e. The summed E-state index contributed by atoms with van der Waals surface area (Å²) in [7, 11) is 0. The molecule has 0 bridgehead atoms. The molecule has 0 unspecified atom stereocenters. The predicted octanol–water partition coefficient (Wildman–Crippen LogP) is 6.78. The normalized spacial score (nSPS) is 12.1. The Bertz CT molecular complexity index is 1380. The predicted molar refractivity (Wildman–Crippen MR) is 112 cm³/mol. The fraction of sp³-hybridized carbons (Fsp3) is 0.0870. The van der Waals surface area contributed by atoms with Crippen LogP contribution in [0, 0.1) is 0 Å². The van der Waals surface area contributed by atoms with Crippen molar-refractivity contribution in [2.75, 3.05) is 5.32 Å². The maximum absolute atomic E-state index is 13.5. The van der Waals surface area contributed by atoms with Crippen molar-refractivity contribution >= 4 is 28.2 Å². The van der Waals surface area contributed by atoms with E-state index < -0.39 is 40.8 Å². The molecule has 0 saturated carbocycles. The molecule has 2 aromatic heterocycles. The van der Waals surface area contributed by atoms with Gasteiger partial charge in [-0.1, -0.05) is 12.1 Å². The number of nitrogens with one attached hydrogen (secondary N) is 1. The van der Waals surface area contributed by atoms with E-state index in [0.717, 1.165) is 18.2 Å². The Labute approximate surface area is 187 Å². The van der Waals surface area contributed by atoms with Crippen LogP contribution in [0.4, 0.5) is 37.7 Å². The van der Waals surface area contributed by atoms with E-state index in [1.165, 1.54) is 36.5 Å². The smallest absolute Gasteiger partial charge is 0.418 e. The first-order chi connectivity index (χ1) is 15.9. The minimum absolute atomic E-state index is 0.00195. The SMILES string of the molecule is O=C(O)c1ccc(C(F)(F)F)c(-c2ccc3c(Nc4ccc(C(F)(F)F)cc4)ccnc3c2)n1. The van der Waals surface area contributed by atoms with Crippen molar-refractivity contribution in [2.45, 2.75) is 12.4 Å². The first-order valence-corrected chi connectivity index (χ1v) is 9.58. The van der Waals surface area contributed by atoms with Crippen LogP contribution in [-0.4, -0.2) is 21.0 Å².